The summed E-state index contributed by atoms with van der Waals surface area (Å²) in [6, 6.07) is 0. The first-order valence-electron chi connectivity index (χ1n) is 4.49. The van der Waals surface area contributed by atoms with E-state index in [0.717, 1.165) is 4.68 Å². The molecule has 2 rings (SSSR count). The molecule has 0 N–H and O–H groups in total. The highest BCUT2D eigenvalue weighted by Crippen LogP contribution is 2.35. The summed E-state index contributed by atoms with van der Waals surface area (Å²) in [6.07, 6.45) is 0.711. The van der Waals surface area contributed by atoms with Crippen LogP contribution in [0.4, 0.5) is 14.5 Å². The lowest BCUT2D eigenvalue weighted by Gasteiger charge is -1.98. The number of hydrogen-bond acceptors (Lipinski definition) is 5. The number of nitro groups is 1. The van der Waals surface area contributed by atoms with Gasteiger partial charge in [-0.15, -0.1) is 0 Å². The molecule has 0 atom stereocenters. The number of hydrogen-bond donors (Lipinski definition) is 0. The van der Waals surface area contributed by atoms with Crippen LogP contribution in [0.2, 0.25) is 5.15 Å². The Morgan fingerprint density at radius 2 is 2.17 bits per heavy atom. The molecule has 0 aliphatic rings. The minimum absolute atomic E-state index is 0.0116. The molecule has 0 aliphatic carbocycles. The van der Waals surface area contributed by atoms with E-state index in [2.05, 4.69) is 15.1 Å². The van der Waals surface area contributed by atoms with E-state index in [1.54, 1.807) is 0 Å². The van der Waals surface area contributed by atoms with Crippen molar-refractivity contribution in [3.8, 4) is 5.82 Å². The monoisotopic (exact) mass is 275 g/mol. The molecule has 18 heavy (non-hydrogen) atoms. The summed E-state index contributed by atoms with van der Waals surface area (Å²) in [7, 11) is 0. The van der Waals surface area contributed by atoms with E-state index in [0.29, 0.717) is 0 Å². The summed E-state index contributed by atoms with van der Waals surface area (Å²) in [5.74, 6) is 0.0116. The molecule has 2 heterocycles. The fourth-order valence-electron chi connectivity index (χ4n) is 1.27. The molecule has 0 spiro atoms. The van der Waals surface area contributed by atoms with Crippen LogP contribution in [0.25, 0.3) is 5.82 Å². The zero-order valence-electron chi connectivity index (χ0n) is 8.50. The Bertz CT molecular complexity index is 589. The summed E-state index contributed by atoms with van der Waals surface area (Å²) in [4.78, 5) is 17.1. The first-order chi connectivity index (χ1) is 8.52. The van der Waals surface area contributed by atoms with Gasteiger partial charge in [-0.05, 0) is 0 Å². The maximum absolute atomic E-state index is 12.6. The smallest absolute Gasteiger partial charge is 0.259 e. The van der Waals surface area contributed by atoms with Crippen LogP contribution in [0.5, 0.6) is 0 Å². The molecular weight excluding hydrogens is 272 g/mol. The lowest BCUT2D eigenvalue weighted by atomic mass is 10.4. The van der Waals surface area contributed by atoms with E-state index >= 15 is 0 Å². The summed E-state index contributed by atoms with van der Waals surface area (Å²) >= 11 is 5.66. The summed E-state index contributed by atoms with van der Waals surface area (Å²) < 4.78 is 26.0. The molecule has 0 unspecified atom stereocenters. The highest BCUT2D eigenvalue weighted by Gasteiger charge is 2.33. The van der Waals surface area contributed by atoms with Gasteiger partial charge in [0.2, 0.25) is 10.8 Å². The predicted molar refractivity (Wildman–Crippen MR) is 55.8 cm³/mol. The van der Waals surface area contributed by atoms with Crippen molar-refractivity contribution in [2.75, 3.05) is 0 Å². The Morgan fingerprint density at radius 1 is 1.44 bits per heavy atom. The Labute approximate surface area is 103 Å². The van der Waals surface area contributed by atoms with Gasteiger partial charge in [-0.1, -0.05) is 11.6 Å². The van der Waals surface area contributed by atoms with E-state index < -0.39 is 27.9 Å². The van der Waals surface area contributed by atoms with Crippen molar-refractivity contribution in [3.63, 3.8) is 0 Å². The Balaban J connectivity index is 2.64. The van der Waals surface area contributed by atoms with E-state index in [1.807, 2.05) is 0 Å². The molecule has 94 valence electrons. The number of alkyl halides is 2. The molecule has 0 saturated carbocycles. The van der Waals surface area contributed by atoms with E-state index in [9.17, 15) is 18.9 Å². The average molecular weight is 276 g/mol. The molecule has 0 amide bonds. The standard InChI is InChI=1S/C8H4ClF2N5O2/c9-7-6(16(17)18)5(8(10)11)14-15(7)4-3-12-1-2-13-4/h1-3,8H. The Morgan fingerprint density at radius 3 is 2.61 bits per heavy atom. The van der Waals surface area contributed by atoms with Crippen LogP contribution in [0.15, 0.2) is 18.6 Å². The number of rotatable bonds is 3. The Hall–Kier alpha value is -2.16. The van der Waals surface area contributed by atoms with Gasteiger partial charge in [0, 0.05) is 12.4 Å². The van der Waals surface area contributed by atoms with Crippen molar-refractivity contribution in [2.24, 2.45) is 0 Å². The molecule has 0 aliphatic heterocycles. The SMILES string of the molecule is O=[N+]([O-])c1c(C(F)F)nn(-c2cnccn2)c1Cl. The zero-order chi connectivity index (χ0) is 13.3. The van der Waals surface area contributed by atoms with Crippen molar-refractivity contribution < 1.29 is 13.7 Å². The van der Waals surface area contributed by atoms with Gasteiger partial charge in [0.25, 0.3) is 6.43 Å². The van der Waals surface area contributed by atoms with Crippen molar-refractivity contribution in [1.82, 2.24) is 19.7 Å². The fourth-order valence-corrected chi connectivity index (χ4v) is 1.56. The van der Waals surface area contributed by atoms with Crippen LogP contribution in [-0.2, 0) is 0 Å². The van der Waals surface area contributed by atoms with Crippen molar-refractivity contribution in [3.05, 3.63) is 39.6 Å². The van der Waals surface area contributed by atoms with Gasteiger partial charge in [-0.3, -0.25) is 15.1 Å². The molecule has 2 aromatic rings. The largest absolute Gasteiger partial charge is 0.335 e. The van der Waals surface area contributed by atoms with Gasteiger partial charge in [0.15, 0.2) is 5.82 Å². The van der Waals surface area contributed by atoms with Crippen LogP contribution in [0.3, 0.4) is 0 Å². The third-order valence-electron chi connectivity index (χ3n) is 1.99. The first-order valence-corrected chi connectivity index (χ1v) is 4.87. The third-order valence-corrected chi connectivity index (χ3v) is 2.33. The van der Waals surface area contributed by atoms with Gasteiger partial charge >= 0.3 is 5.69 Å². The molecule has 7 nitrogen and oxygen atoms in total. The molecule has 0 fully saturated rings. The molecule has 0 bridgehead atoms. The second kappa shape index (κ2) is 4.61. The highest BCUT2D eigenvalue weighted by atomic mass is 35.5. The number of nitrogens with zero attached hydrogens (tertiary/aromatic N) is 5. The average Bonchev–Trinajstić information content (AvgIpc) is 2.68. The second-order valence-electron chi connectivity index (χ2n) is 3.06. The molecule has 0 aromatic carbocycles. The summed E-state index contributed by atoms with van der Waals surface area (Å²) in [5, 5.41) is 13.5. The summed E-state index contributed by atoms with van der Waals surface area (Å²) in [6.45, 7) is 0. The molecular formula is C8H4ClF2N5O2. The third kappa shape index (κ3) is 1.99. The quantitative estimate of drug-likeness (QED) is 0.633. The zero-order valence-corrected chi connectivity index (χ0v) is 9.25. The van der Waals surface area contributed by atoms with Gasteiger partial charge in [0.05, 0.1) is 11.1 Å². The van der Waals surface area contributed by atoms with Crippen LogP contribution in [0.1, 0.15) is 12.1 Å². The maximum Gasteiger partial charge on any atom is 0.335 e. The molecule has 10 heteroatoms. The molecule has 2 aromatic heterocycles. The number of aromatic nitrogens is 4. The second-order valence-corrected chi connectivity index (χ2v) is 3.42. The van der Waals surface area contributed by atoms with Crippen molar-refractivity contribution >= 4 is 17.3 Å². The van der Waals surface area contributed by atoms with Gasteiger partial charge in [-0.2, -0.15) is 9.78 Å². The van der Waals surface area contributed by atoms with E-state index in [-0.39, 0.29) is 5.82 Å². The van der Waals surface area contributed by atoms with E-state index in [4.69, 9.17) is 11.6 Å². The normalized spacial score (nSPS) is 10.9. The van der Waals surface area contributed by atoms with Crippen molar-refractivity contribution in [2.45, 2.75) is 6.43 Å². The van der Waals surface area contributed by atoms with Gasteiger partial charge in [0.1, 0.15) is 0 Å². The van der Waals surface area contributed by atoms with Crippen molar-refractivity contribution in [1.29, 1.82) is 0 Å². The predicted octanol–water partition coefficient (Wildman–Crippen LogP) is 2.16. The molecule has 0 saturated heterocycles. The lowest BCUT2D eigenvalue weighted by molar-refractivity contribution is -0.386. The first kappa shape index (κ1) is 12.3. The fraction of sp³-hybridized carbons (Fsp3) is 0.125. The maximum atomic E-state index is 12.6. The highest BCUT2D eigenvalue weighted by molar-refractivity contribution is 6.32. The van der Waals surface area contributed by atoms with Gasteiger partial charge < -0.3 is 0 Å². The van der Waals surface area contributed by atoms with Crippen LogP contribution in [0, 0.1) is 10.1 Å². The lowest BCUT2D eigenvalue weighted by Crippen LogP contribution is -2.00. The van der Waals surface area contributed by atoms with Gasteiger partial charge in [-0.25, -0.2) is 13.8 Å². The van der Waals surface area contributed by atoms with Crippen LogP contribution >= 0.6 is 11.6 Å². The summed E-state index contributed by atoms with van der Waals surface area (Å²) in [5.41, 5.74) is -1.94. The number of halogens is 3. The Kier molecular flexibility index (Phi) is 3.15. The minimum Gasteiger partial charge on any atom is -0.259 e. The minimum atomic E-state index is -3.11. The van der Waals surface area contributed by atoms with E-state index in [1.165, 1.54) is 18.6 Å². The molecule has 0 radical (unpaired) electrons. The topological polar surface area (TPSA) is 86.7 Å². The van der Waals surface area contributed by atoms with Crippen LogP contribution in [-0.4, -0.2) is 24.7 Å². The van der Waals surface area contributed by atoms with Crippen LogP contribution < -0.4 is 0 Å².